The van der Waals surface area contributed by atoms with E-state index in [0.717, 1.165) is 24.3 Å². The minimum Gasteiger partial charge on any atom is -0.454 e. The Morgan fingerprint density at radius 3 is 2.30 bits per heavy atom. The molecule has 3 amide bonds. The van der Waals surface area contributed by atoms with Gasteiger partial charge in [0.25, 0.3) is 5.91 Å². The standard InChI is InChI=1S/C16H22FN3O6S/c1-4-10(2)18-16(23)19-14(21)9-26-15(22)11(3)20-27(24,25)13-7-5-12(17)6-8-13/h5-8,10-11,20H,4,9H2,1-3H3,(H2,18,19,21,23)/t10-,11-/m0/s1. The number of halogens is 1. The van der Waals surface area contributed by atoms with E-state index in [2.05, 4.69) is 14.8 Å². The molecule has 11 heteroatoms. The summed E-state index contributed by atoms with van der Waals surface area (Å²) in [6.45, 7) is 4.06. The summed E-state index contributed by atoms with van der Waals surface area (Å²) in [4.78, 5) is 34.6. The zero-order valence-corrected chi connectivity index (χ0v) is 15.9. The van der Waals surface area contributed by atoms with Gasteiger partial charge in [-0.05, 0) is 44.5 Å². The molecule has 2 atom stereocenters. The molecule has 0 aromatic heterocycles. The van der Waals surface area contributed by atoms with Gasteiger partial charge in [0.15, 0.2) is 6.61 Å². The van der Waals surface area contributed by atoms with Gasteiger partial charge in [0.2, 0.25) is 10.0 Å². The quantitative estimate of drug-likeness (QED) is 0.547. The molecule has 0 saturated carbocycles. The molecule has 0 unspecified atom stereocenters. The van der Waals surface area contributed by atoms with Gasteiger partial charge in [-0.1, -0.05) is 6.92 Å². The number of esters is 1. The Kier molecular flexibility index (Phi) is 8.32. The third-order valence-electron chi connectivity index (χ3n) is 3.40. The number of carbonyl (C=O) groups is 3. The Morgan fingerprint density at radius 2 is 1.74 bits per heavy atom. The first kappa shape index (κ1) is 22.5. The summed E-state index contributed by atoms with van der Waals surface area (Å²) in [6.07, 6.45) is 0.669. The summed E-state index contributed by atoms with van der Waals surface area (Å²) in [6, 6.07) is 1.84. The van der Waals surface area contributed by atoms with Crippen molar-refractivity contribution in [3.63, 3.8) is 0 Å². The fourth-order valence-corrected chi connectivity index (χ4v) is 2.94. The fourth-order valence-electron chi connectivity index (χ4n) is 1.75. The summed E-state index contributed by atoms with van der Waals surface area (Å²) >= 11 is 0. The second-order valence-electron chi connectivity index (χ2n) is 5.74. The maximum atomic E-state index is 12.9. The number of sulfonamides is 1. The van der Waals surface area contributed by atoms with Gasteiger partial charge >= 0.3 is 12.0 Å². The Morgan fingerprint density at radius 1 is 1.15 bits per heavy atom. The Hall–Kier alpha value is -2.53. The van der Waals surface area contributed by atoms with Crippen LogP contribution < -0.4 is 15.4 Å². The second kappa shape index (κ2) is 9.97. The van der Waals surface area contributed by atoms with E-state index in [1.807, 2.05) is 12.2 Å². The summed E-state index contributed by atoms with van der Waals surface area (Å²) in [7, 11) is -4.08. The predicted octanol–water partition coefficient (Wildman–Crippen LogP) is 0.660. The van der Waals surface area contributed by atoms with Gasteiger partial charge in [-0.3, -0.25) is 14.9 Å². The van der Waals surface area contributed by atoms with Crippen molar-refractivity contribution < 1.29 is 31.9 Å². The number of hydrogen-bond acceptors (Lipinski definition) is 6. The van der Waals surface area contributed by atoms with Crippen LogP contribution in [0, 0.1) is 5.82 Å². The van der Waals surface area contributed by atoms with E-state index in [0.29, 0.717) is 6.42 Å². The molecule has 3 N–H and O–H groups in total. The van der Waals surface area contributed by atoms with E-state index < -0.39 is 46.4 Å². The van der Waals surface area contributed by atoms with Gasteiger partial charge in [-0.15, -0.1) is 0 Å². The van der Waals surface area contributed by atoms with Crippen LogP contribution in [0.2, 0.25) is 0 Å². The summed E-state index contributed by atoms with van der Waals surface area (Å²) in [5.74, 6) is -2.49. The van der Waals surface area contributed by atoms with Gasteiger partial charge in [0.1, 0.15) is 11.9 Å². The molecular formula is C16H22FN3O6S. The Labute approximate surface area is 156 Å². The highest BCUT2D eigenvalue weighted by Crippen LogP contribution is 2.10. The van der Waals surface area contributed by atoms with E-state index >= 15 is 0 Å². The molecule has 0 aliphatic heterocycles. The van der Waals surface area contributed by atoms with Crippen LogP contribution in [0.15, 0.2) is 29.2 Å². The minimum atomic E-state index is -4.08. The monoisotopic (exact) mass is 403 g/mol. The number of urea groups is 1. The SMILES string of the molecule is CC[C@H](C)NC(=O)NC(=O)COC(=O)[C@H](C)NS(=O)(=O)c1ccc(F)cc1. The molecule has 9 nitrogen and oxygen atoms in total. The van der Waals surface area contributed by atoms with Crippen molar-refractivity contribution in [3.8, 4) is 0 Å². The zero-order chi connectivity index (χ0) is 20.6. The maximum absolute atomic E-state index is 12.9. The normalized spacial score (nSPS) is 13.3. The lowest BCUT2D eigenvalue weighted by Crippen LogP contribution is -2.45. The molecule has 0 aliphatic carbocycles. The Balaban J connectivity index is 2.51. The van der Waals surface area contributed by atoms with Crippen LogP contribution in [0.3, 0.4) is 0 Å². The lowest BCUT2D eigenvalue weighted by Gasteiger charge is -2.14. The first-order chi connectivity index (χ1) is 12.5. The van der Waals surface area contributed by atoms with Gasteiger partial charge in [-0.25, -0.2) is 17.6 Å². The number of ether oxygens (including phenoxy) is 1. The number of amides is 3. The fraction of sp³-hybridized carbons (Fsp3) is 0.438. The number of nitrogens with one attached hydrogen (secondary N) is 3. The Bertz CT molecular complexity index is 782. The van der Waals surface area contributed by atoms with Crippen LogP contribution in [0.4, 0.5) is 9.18 Å². The summed E-state index contributed by atoms with van der Waals surface area (Å²) in [5, 5.41) is 4.47. The number of carbonyl (C=O) groups excluding carboxylic acids is 3. The summed E-state index contributed by atoms with van der Waals surface area (Å²) in [5.41, 5.74) is 0. The van der Waals surface area contributed by atoms with Crippen molar-refractivity contribution in [1.82, 2.24) is 15.4 Å². The van der Waals surface area contributed by atoms with Crippen LogP contribution in [0.5, 0.6) is 0 Å². The van der Waals surface area contributed by atoms with Crippen LogP contribution in [0.1, 0.15) is 27.2 Å². The van der Waals surface area contributed by atoms with Crippen LogP contribution in [0.25, 0.3) is 0 Å². The van der Waals surface area contributed by atoms with E-state index in [1.165, 1.54) is 6.92 Å². The molecular weight excluding hydrogens is 381 g/mol. The van der Waals surface area contributed by atoms with Crippen LogP contribution in [-0.2, 0) is 24.3 Å². The van der Waals surface area contributed by atoms with E-state index in [-0.39, 0.29) is 10.9 Å². The van der Waals surface area contributed by atoms with Crippen molar-refractivity contribution in [1.29, 1.82) is 0 Å². The molecule has 150 valence electrons. The number of hydrogen-bond donors (Lipinski definition) is 3. The largest absolute Gasteiger partial charge is 0.454 e. The minimum absolute atomic E-state index is 0.138. The molecule has 0 bridgehead atoms. The summed E-state index contributed by atoms with van der Waals surface area (Å²) < 4.78 is 43.8. The van der Waals surface area contributed by atoms with Crippen molar-refractivity contribution >= 4 is 27.9 Å². The topological polar surface area (TPSA) is 131 Å². The van der Waals surface area contributed by atoms with Crippen LogP contribution in [-0.4, -0.2) is 45.0 Å². The maximum Gasteiger partial charge on any atom is 0.324 e. The van der Waals surface area contributed by atoms with Crippen molar-refractivity contribution in [2.75, 3.05) is 6.61 Å². The molecule has 1 aromatic carbocycles. The van der Waals surface area contributed by atoms with Gasteiger partial charge in [0, 0.05) is 6.04 Å². The number of imide groups is 1. The average Bonchev–Trinajstić information content (AvgIpc) is 2.59. The molecule has 0 heterocycles. The third kappa shape index (κ3) is 7.71. The average molecular weight is 403 g/mol. The van der Waals surface area contributed by atoms with E-state index in [1.54, 1.807) is 6.92 Å². The van der Waals surface area contributed by atoms with Gasteiger partial charge < -0.3 is 10.1 Å². The molecule has 0 spiro atoms. The first-order valence-corrected chi connectivity index (χ1v) is 9.58. The van der Waals surface area contributed by atoms with Crippen molar-refractivity contribution in [2.24, 2.45) is 0 Å². The lowest BCUT2D eigenvalue weighted by molar-refractivity contribution is -0.149. The molecule has 1 aromatic rings. The van der Waals surface area contributed by atoms with Gasteiger partial charge in [0.05, 0.1) is 4.90 Å². The van der Waals surface area contributed by atoms with Crippen molar-refractivity contribution in [2.45, 2.75) is 44.2 Å². The molecule has 0 fully saturated rings. The molecule has 0 radical (unpaired) electrons. The second-order valence-corrected chi connectivity index (χ2v) is 7.45. The zero-order valence-electron chi connectivity index (χ0n) is 15.1. The third-order valence-corrected chi connectivity index (χ3v) is 4.95. The molecule has 1 rings (SSSR count). The van der Waals surface area contributed by atoms with Crippen molar-refractivity contribution in [3.05, 3.63) is 30.1 Å². The highest BCUT2D eigenvalue weighted by atomic mass is 32.2. The predicted molar refractivity (Wildman–Crippen MR) is 93.6 cm³/mol. The highest BCUT2D eigenvalue weighted by Gasteiger charge is 2.24. The molecule has 27 heavy (non-hydrogen) atoms. The van der Waals surface area contributed by atoms with E-state index in [4.69, 9.17) is 0 Å². The lowest BCUT2D eigenvalue weighted by atomic mass is 10.3. The molecule has 0 saturated heterocycles. The highest BCUT2D eigenvalue weighted by molar-refractivity contribution is 7.89. The number of rotatable bonds is 8. The number of benzene rings is 1. The van der Waals surface area contributed by atoms with Gasteiger partial charge in [-0.2, -0.15) is 4.72 Å². The van der Waals surface area contributed by atoms with Crippen LogP contribution >= 0.6 is 0 Å². The van der Waals surface area contributed by atoms with E-state index in [9.17, 15) is 27.2 Å². The smallest absolute Gasteiger partial charge is 0.324 e. The first-order valence-electron chi connectivity index (χ1n) is 8.10. The molecule has 0 aliphatic rings.